The topological polar surface area (TPSA) is 75.7 Å². The van der Waals surface area contributed by atoms with Crippen molar-refractivity contribution >= 4 is 5.91 Å². The minimum absolute atomic E-state index is 0.00876. The number of rotatable bonds is 3. The average Bonchev–Trinajstić information content (AvgIpc) is 2.69. The molecule has 1 aliphatic rings. The van der Waals surface area contributed by atoms with Gasteiger partial charge < -0.3 is 9.63 Å². The lowest BCUT2D eigenvalue weighted by molar-refractivity contribution is 0.0547. The molecule has 0 radical (unpaired) electrons. The van der Waals surface area contributed by atoms with E-state index in [1.165, 1.54) is 6.07 Å². The maximum absolute atomic E-state index is 12.0. The monoisotopic (exact) mass is 254 g/mol. The van der Waals surface area contributed by atoms with Gasteiger partial charge in [0.05, 0.1) is 13.2 Å². The fourth-order valence-electron chi connectivity index (χ4n) is 2.33. The Bertz CT molecular complexity index is 477. The molecule has 1 fully saturated rings. The molecule has 0 bridgehead atoms. The summed E-state index contributed by atoms with van der Waals surface area (Å²) in [6, 6.07) is 1.30. The summed E-state index contributed by atoms with van der Waals surface area (Å²) in [5.41, 5.74) is -0.435. The van der Waals surface area contributed by atoms with Crippen LogP contribution in [0.2, 0.25) is 0 Å². The van der Waals surface area contributed by atoms with Crippen LogP contribution < -0.4 is 5.56 Å². The van der Waals surface area contributed by atoms with Crippen LogP contribution in [0.4, 0.5) is 0 Å². The van der Waals surface area contributed by atoms with Gasteiger partial charge in [0.25, 0.3) is 11.5 Å². The summed E-state index contributed by atoms with van der Waals surface area (Å²) in [7, 11) is 0. The molecule has 100 valence electrons. The minimum Gasteiger partial charge on any atom is -0.395 e. The van der Waals surface area contributed by atoms with E-state index in [9.17, 15) is 14.7 Å². The molecule has 0 aliphatic carbocycles. The third-order valence-electron chi connectivity index (χ3n) is 3.29. The number of carbonyl (C=O) groups is 1. The Balaban J connectivity index is 2.06. The van der Waals surface area contributed by atoms with Crippen molar-refractivity contribution in [3.8, 4) is 0 Å². The van der Waals surface area contributed by atoms with E-state index < -0.39 is 5.56 Å². The average molecular weight is 254 g/mol. The first-order chi connectivity index (χ1) is 8.61. The van der Waals surface area contributed by atoms with Crippen LogP contribution >= 0.6 is 0 Å². The third kappa shape index (κ3) is 2.70. The summed E-state index contributed by atoms with van der Waals surface area (Å²) in [6.07, 6.45) is 2.96. The highest BCUT2D eigenvalue weighted by molar-refractivity contribution is 5.79. The van der Waals surface area contributed by atoms with Crippen LogP contribution in [0.1, 0.15) is 29.8 Å². The standard InChI is InChI=1S/C12H18N2O4/c1-9-6-11(16)14(18-9)12(17)7-13-5-3-2-4-10(13)8-15/h6,10,15H,2-5,7-8H2,1H3. The van der Waals surface area contributed by atoms with E-state index in [4.69, 9.17) is 4.52 Å². The number of aryl methyl sites for hydroxylation is 1. The van der Waals surface area contributed by atoms with Crippen LogP contribution in [0.25, 0.3) is 0 Å². The predicted octanol–water partition coefficient (Wildman–Crippen LogP) is 0.237. The Hall–Kier alpha value is -1.40. The fourth-order valence-corrected chi connectivity index (χ4v) is 2.33. The van der Waals surface area contributed by atoms with Gasteiger partial charge in [-0.1, -0.05) is 6.42 Å². The summed E-state index contributed by atoms with van der Waals surface area (Å²) in [5, 5.41) is 9.26. The van der Waals surface area contributed by atoms with Crippen molar-refractivity contribution in [2.45, 2.75) is 32.2 Å². The van der Waals surface area contributed by atoms with Crippen molar-refractivity contribution in [2.75, 3.05) is 19.7 Å². The number of carbonyl (C=O) groups excluding carboxylic acids is 1. The second-order valence-corrected chi connectivity index (χ2v) is 4.68. The molecule has 18 heavy (non-hydrogen) atoms. The molecule has 1 unspecified atom stereocenters. The van der Waals surface area contributed by atoms with E-state index in [0.717, 1.165) is 30.5 Å². The first-order valence-corrected chi connectivity index (χ1v) is 6.20. The Morgan fingerprint density at radius 1 is 1.56 bits per heavy atom. The summed E-state index contributed by atoms with van der Waals surface area (Å²) >= 11 is 0. The normalized spacial score (nSPS) is 21.1. The summed E-state index contributed by atoms with van der Waals surface area (Å²) in [4.78, 5) is 25.3. The third-order valence-corrected chi connectivity index (χ3v) is 3.29. The molecule has 0 amide bonds. The molecular formula is C12H18N2O4. The molecule has 1 atom stereocenters. The first kappa shape index (κ1) is 13.0. The van der Waals surface area contributed by atoms with Gasteiger partial charge >= 0.3 is 0 Å². The molecule has 1 aromatic rings. The van der Waals surface area contributed by atoms with Crippen molar-refractivity contribution in [1.29, 1.82) is 0 Å². The molecule has 1 aliphatic heterocycles. The minimum atomic E-state index is -0.435. The molecule has 1 saturated heterocycles. The highest BCUT2D eigenvalue weighted by Crippen LogP contribution is 2.16. The molecule has 1 aromatic heterocycles. The SMILES string of the molecule is Cc1cc(=O)n(C(=O)CN2CCCCC2CO)o1. The summed E-state index contributed by atoms with van der Waals surface area (Å²) < 4.78 is 5.84. The predicted molar refractivity (Wildman–Crippen MR) is 64.6 cm³/mol. The molecule has 2 rings (SSSR count). The fraction of sp³-hybridized carbons (Fsp3) is 0.667. The van der Waals surface area contributed by atoms with Gasteiger partial charge in [-0.05, 0) is 26.3 Å². The number of aliphatic hydroxyl groups excluding tert-OH is 1. The van der Waals surface area contributed by atoms with E-state index >= 15 is 0 Å². The lowest BCUT2D eigenvalue weighted by Crippen LogP contribution is -2.46. The number of nitrogens with zero attached hydrogens (tertiary/aromatic N) is 2. The molecule has 0 saturated carbocycles. The van der Waals surface area contributed by atoms with Gasteiger partial charge in [-0.25, -0.2) is 0 Å². The van der Waals surface area contributed by atoms with Gasteiger partial charge in [-0.2, -0.15) is 0 Å². The van der Waals surface area contributed by atoms with Crippen LogP contribution in [0.3, 0.4) is 0 Å². The smallest absolute Gasteiger partial charge is 0.290 e. The summed E-state index contributed by atoms with van der Waals surface area (Å²) in [6.45, 7) is 2.55. The molecule has 0 aromatic carbocycles. The maximum atomic E-state index is 12.0. The molecule has 6 nitrogen and oxygen atoms in total. The van der Waals surface area contributed by atoms with Crippen molar-refractivity contribution in [3.05, 3.63) is 22.2 Å². The largest absolute Gasteiger partial charge is 0.395 e. The molecule has 0 spiro atoms. The zero-order valence-corrected chi connectivity index (χ0v) is 10.5. The van der Waals surface area contributed by atoms with E-state index in [0.29, 0.717) is 5.76 Å². The molecule has 2 heterocycles. The number of hydrogen-bond acceptors (Lipinski definition) is 5. The van der Waals surface area contributed by atoms with E-state index in [-0.39, 0.29) is 25.1 Å². The maximum Gasteiger partial charge on any atom is 0.290 e. The molecule has 6 heteroatoms. The Kier molecular flexibility index (Phi) is 3.98. The second kappa shape index (κ2) is 5.49. The zero-order valence-electron chi connectivity index (χ0n) is 10.5. The number of aromatic nitrogens is 1. The van der Waals surface area contributed by atoms with Crippen LogP contribution in [-0.4, -0.2) is 46.4 Å². The van der Waals surface area contributed by atoms with Crippen LogP contribution in [0.15, 0.2) is 15.4 Å². The Labute approximate surface area is 105 Å². The Morgan fingerprint density at radius 2 is 2.33 bits per heavy atom. The lowest BCUT2D eigenvalue weighted by atomic mass is 10.0. The number of likely N-dealkylation sites (tertiary alicyclic amines) is 1. The van der Waals surface area contributed by atoms with E-state index in [1.807, 2.05) is 4.90 Å². The van der Waals surface area contributed by atoms with E-state index in [2.05, 4.69) is 0 Å². The van der Waals surface area contributed by atoms with Crippen molar-refractivity contribution in [1.82, 2.24) is 9.64 Å². The number of hydrogen-bond donors (Lipinski definition) is 1. The van der Waals surface area contributed by atoms with Gasteiger partial charge in [0.2, 0.25) is 0 Å². The van der Waals surface area contributed by atoms with Crippen LogP contribution in [-0.2, 0) is 0 Å². The highest BCUT2D eigenvalue weighted by atomic mass is 16.5. The number of piperidine rings is 1. The van der Waals surface area contributed by atoms with Gasteiger partial charge in [-0.3, -0.25) is 14.5 Å². The van der Waals surface area contributed by atoms with Gasteiger partial charge in [0, 0.05) is 12.1 Å². The van der Waals surface area contributed by atoms with Crippen molar-refractivity contribution < 1.29 is 14.4 Å². The Morgan fingerprint density at radius 3 is 2.94 bits per heavy atom. The zero-order chi connectivity index (χ0) is 13.1. The molecule has 1 N–H and O–H groups in total. The van der Waals surface area contributed by atoms with Crippen molar-refractivity contribution in [2.24, 2.45) is 0 Å². The van der Waals surface area contributed by atoms with E-state index in [1.54, 1.807) is 6.92 Å². The first-order valence-electron chi connectivity index (χ1n) is 6.20. The van der Waals surface area contributed by atoms with Crippen LogP contribution in [0.5, 0.6) is 0 Å². The van der Waals surface area contributed by atoms with Gasteiger partial charge in [0.1, 0.15) is 5.76 Å². The molecular weight excluding hydrogens is 236 g/mol. The highest BCUT2D eigenvalue weighted by Gasteiger charge is 2.25. The second-order valence-electron chi connectivity index (χ2n) is 4.68. The number of aliphatic hydroxyl groups is 1. The quantitative estimate of drug-likeness (QED) is 0.836. The lowest BCUT2D eigenvalue weighted by Gasteiger charge is -2.33. The van der Waals surface area contributed by atoms with Gasteiger partial charge in [-0.15, -0.1) is 4.74 Å². The van der Waals surface area contributed by atoms with Crippen molar-refractivity contribution in [3.63, 3.8) is 0 Å². The van der Waals surface area contributed by atoms with Gasteiger partial charge in [0.15, 0.2) is 0 Å². The summed E-state index contributed by atoms with van der Waals surface area (Å²) in [5.74, 6) is 0.0409. The van der Waals surface area contributed by atoms with Crippen LogP contribution in [0, 0.1) is 6.92 Å².